The van der Waals surface area contributed by atoms with Crippen molar-refractivity contribution >= 4 is 0 Å². The first kappa shape index (κ1) is 12.3. The number of aliphatic hydroxyl groups excluding tert-OH is 1. The van der Waals surface area contributed by atoms with Gasteiger partial charge in [-0.15, -0.1) is 0 Å². The Hall–Kier alpha value is -0.820. The molecule has 0 radical (unpaired) electrons. The summed E-state index contributed by atoms with van der Waals surface area (Å²) < 4.78 is 0. The first-order chi connectivity index (χ1) is 6.91. The van der Waals surface area contributed by atoms with Crippen LogP contribution in [0.4, 0.5) is 0 Å². The van der Waals surface area contributed by atoms with Gasteiger partial charge in [-0.2, -0.15) is 0 Å². The first-order valence-electron chi connectivity index (χ1n) is 5.68. The van der Waals surface area contributed by atoms with Crippen molar-refractivity contribution in [3.05, 3.63) is 33.4 Å². The van der Waals surface area contributed by atoms with E-state index in [0.717, 1.165) is 12.0 Å². The lowest BCUT2D eigenvalue weighted by molar-refractivity contribution is 0.197. The minimum Gasteiger partial charge on any atom is -0.389 e. The molecule has 1 nitrogen and oxygen atoms in total. The molecule has 0 heterocycles. The van der Waals surface area contributed by atoms with Crippen LogP contribution in [0.2, 0.25) is 0 Å². The lowest BCUT2D eigenvalue weighted by Gasteiger charge is -2.21. The molecule has 1 aromatic carbocycles. The molecule has 0 aromatic heterocycles. The van der Waals surface area contributed by atoms with Gasteiger partial charge in [0.1, 0.15) is 0 Å². The van der Waals surface area contributed by atoms with Crippen molar-refractivity contribution in [3.63, 3.8) is 0 Å². The Morgan fingerprint density at radius 1 is 0.933 bits per heavy atom. The Kier molecular flexibility index (Phi) is 3.56. The third kappa shape index (κ3) is 1.93. The van der Waals surface area contributed by atoms with Crippen LogP contribution in [0.5, 0.6) is 0 Å². The summed E-state index contributed by atoms with van der Waals surface area (Å²) in [6, 6.07) is 0. The second kappa shape index (κ2) is 4.36. The summed E-state index contributed by atoms with van der Waals surface area (Å²) >= 11 is 0. The number of rotatable bonds is 2. The number of aliphatic hydroxyl groups is 1. The summed E-state index contributed by atoms with van der Waals surface area (Å²) in [5, 5.41) is 9.86. The van der Waals surface area contributed by atoms with Gasteiger partial charge in [0, 0.05) is 0 Å². The zero-order valence-corrected chi connectivity index (χ0v) is 10.7. The molecule has 0 unspecified atom stereocenters. The zero-order chi connectivity index (χ0) is 11.7. The van der Waals surface area contributed by atoms with E-state index in [1.54, 1.807) is 0 Å². The van der Waals surface area contributed by atoms with E-state index in [1.165, 1.54) is 27.8 Å². The van der Waals surface area contributed by atoms with Crippen molar-refractivity contribution in [2.24, 2.45) is 0 Å². The highest BCUT2D eigenvalue weighted by Gasteiger charge is 2.16. The molecule has 1 N–H and O–H groups in total. The molecule has 0 bridgehead atoms. The fourth-order valence-electron chi connectivity index (χ4n) is 2.44. The molecule has 1 aromatic rings. The Labute approximate surface area is 93.1 Å². The molecule has 1 rings (SSSR count). The van der Waals surface area contributed by atoms with Gasteiger partial charge in [0.15, 0.2) is 0 Å². The van der Waals surface area contributed by atoms with Crippen molar-refractivity contribution in [1.82, 2.24) is 0 Å². The van der Waals surface area contributed by atoms with E-state index in [2.05, 4.69) is 34.6 Å². The molecule has 1 atom stereocenters. The molecule has 0 aliphatic rings. The Morgan fingerprint density at radius 2 is 1.40 bits per heavy atom. The van der Waals surface area contributed by atoms with Gasteiger partial charge < -0.3 is 5.11 Å². The van der Waals surface area contributed by atoms with Crippen molar-refractivity contribution in [3.8, 4) is 0 Å². The summed E-state index contributed by atoms with van der Waals surface area (Å²) in [5.74, 6) is 0. The van der Waals surface area contributed by atoms with Crippen LogP contribution in [-0.2, 0) is 6.42 Å². The number of hydrogen-bond acceptors (Lipinski definition) is 1. The molecule has 0 saturated carbocycles. The van der Waals surface area contributed by atoms with Gasteiger partial charge in [-0.25, -0.2) is 0 Å². The Morgan fingerprint density at radius 3 is 1.80 bits per heavy atom. The van der Waals surface area contributed by atoms with Gasteiger partial charge in [-0.3, -0.25) is 0 Å². The maximum absolute atomic E-state index is 9.86. The number of benzene rings is 1. The monoisotopic (exact) mass is 206 g/mol. The average Bonchev–Trinajstić information content (AvgIpc) is 2.19. The summed E-state index contributed by atoms with van der Waals surface area (Å²) in [6.07, 6.45) is 0.631. The predicted molar refractivity (Wildman–Crippen MR) is 65.4 cm³/mol. The van der Waals surface area contributed by atoms with Crippen LogP contribution in [-0.4, -0.2) is 5.11 Å². The molecule has 0 spiro atoms. The normalized spacial score (nSPS) is 13.0. The van der Waals surface area contributed by atoms with E-state index in [-0.39, 0.29) is 6.10 Å². The standard InChI is InChI=1S/C14H22O/c1-7-13-10(4)8(2)9(3)11(5)14(13)12(6)15/h12,15H,7H2,1-6H3/t12-/m1/s1. The summed E-state index contributed by atoms with van der Waals surface area (Å²) in [4.78, 5) is 0. The third-order valence-corrected chi connectivity index (χ3v) is 3.64. The zero-order valence-electron chi connectivity index (χ0n) is 10.7. The molecule has 84 valence electrons. The fraction of sp³-hybridized carbons (Fsp3) is 0.571. The summed E-state index contributed by atoms with van der Waals surface area (Å²) in [7, 11) is 0. The Bertz CT molecular complexity index is 376. The smallest absolute Gasteiger partial charge is 0.0767 e. The van der Waals surface area contributed by atoms with Gasteiger partial charge in [-0.1, -0.05) is 6.92 Å². The van der Waals surface area contributed by atoms with Crippen LogP contribution >= 0.6 is 0 Å². The van der Waals surface area contributed by atoms with Crippen molar-refractivity contribution < 1.29 is 5.11 Å². The van der Waals surface area contributed by atoms with Gasteiger partial charge in [0.05, 0.1) is 6.10 Å². The largest absolute Gasteiger partial charge is 0.389 e. The molecule has 0 amide bonds. The van der Waals surface area contributed by atoms with Crippen molar-refractivity contribution in [2.45, 2.75) is 54.1 Å². The third-order valence-electron chi connectivity index (χ3n) is 3.64. The molecule has 0 aliphatic carbocycles. The van der Waals surface area contributed by atoms with E-state index < -0.39 is 0 Å². The molecule has 1 heteroatoms. The molecular formula is C14H22O. The highest BCUT2D eigenvalue weighted by molar-refractivity contribution is 5.50. The molecule has 0 aliphatic heterocycles. The van der Waals surface area contributed by atoms with Crippen molar-refractivity contribution in [1.29, 1.82) is 0 Å². The second-order valence-electron chi connectivity index (χ2n) is 4.42. The minimum absolute atomic E-state index is 0.363. The molecular weight excluding hydrogens is 184 g/mol. The van der Waals surface area contributed by atoms with E-state index >= 15 is 0 Å². The van der Waals surface area contributed by atoms with Crippen molar-refractivity contribution in [2.75, 3.05) is 0 Å². The lowest BCUT2D eigenvalue weighted by Crippen LogP contribution is -2.07. The maximum atomic E-state index is 9.86. The van der Waals surface area contributed by atoms with E-state index in [4.69, 9.17) is 0 Å². The minimum atomic E-state index is -0.363. The fourth-order valence-corrected chi connectivity index (χ4v) is 2.44. The van der Waals surface area contributed by atoms with E-state index in [9.17, 15) is 5.11 Å². The van der Waals surface area contributed by atoms with Crippen LogP contribution < -0.4 is 0 Å². The topological polar surface area (TPSA) is 20.2 Å². The van der Waals surface area contributed by atoms with E-state index in [1.807, 2.05) is 6.92 Å². The molecule has 0 fully saturated rings. The second-order valence-corrected chi connectivity index (χ2v) is 4.42. The molecule has 0 saturated heterocycles. The predicted octanol–water partition coefficient (Wildman–Crippen LogP) is 3.54. The van der Waals surface area contributed by atoms with Crippen LogP contribution in [0.15, 0.2) is 0 Å². The van der Waals surface area contributed by atoms with Gasteiger partial charge in [0.2, 0.25) is 0 Å². The maximum Gasteiger partial charge on any atom is 0.0767 e. The quantitative estimate of drug-likeness (QED) is 0.784. The summed E-state index contributed by atoms with van der Waals surface area (Å²) in [6.45, 7) is 12.6. The van der Waals surface area contributed by atoms with E-state index in [0.29, 0.717) is 0 Å². The molecule has 15 heavy (non-hydrogen) atoms. The van der Waals surface area contributed by atoms with Gasteiger partial charge in [0.25, 0.3) is 0 Å². The van der Waals surface area contributed by atoms with Crippen LogP contribution in [0.25, 0.3) is 0 Å². The highest BCUT2D eigenvalue weighted by atomic mass is 16.3. The van der Waals surface area contributed by atoms with Gasteiger partial charge >= 0.3 is 0 Å². The Balaban J connectivity index is 3.62. The average molecular weight is 206 g/mol. The van der Waals surface area contributed by atoms with Gasteiger partial charge in [-0.05, 0) is 74.4 Å². The van der Waals surface area contributed by atoms with Crippen LogP contribution in [0.3, 0.4) is 0 Å². The van der Waals surface area contributed by atoms with Crippen LogP contribution in [0.1, 0.15) is 53.3 Å². The summed E-state index contributed by atoms with van der Waals surface area (Å²) in [5.41, 5.74) is 7.75. The number of hydrogen-bond donors (Lipinski definition) is 1. The first-order valence-corrected chi connectivity index (χ1v) is 5.68. The van der Waals surface area contributed by atoms with Crippen LogP contribution in [0, 0.1) is 27.7 Å². The lowest BCUT2D eigenvalue weighted by atomic mass is 9.86. The highest BCUT2D eigenvalue weighted by Crippen LogP contribution is 2.31. The SMILES string of the molecule is CCc1c(C)c(C)c(C)c(C)c1[C@@H](C)O.